The van der Waals surface area contributed by atoms with Gasteiger partial charge in [-0.05, 0) is 43.3 Å². The normalized spacial score (nSPS) is 23.3. The van der Waals surface area contributed by atoms with Crippen molar-refractivity contribution in [1.29, 1.82) is 5.26 Å². The zero-order valence-electron chi connectivity index (χ0n) is 16.1. The molecule has 2 aliphatic heterocycles. The molecule has 2 unspecified atom stereocenters. The molecule has 2 aromatic carbocycles. The summed E-state index contributed by atoms with van der Waals surface area (Å²) >= 11 is 1.40. The molecule has 0 aliphatic carbocycles. The molecule has 144 valence electrons. The maximum atomic E-state index is 9.86. The van der Waals surface area contributed by atoms with Crippen LogP contribution >= 0.6 is 11.8 Å². The number of rotatable bonds is 2. The number of nitrogens with two attached hydrogens (primary N) is 1. The number of allylic oxidation sites excluding steroid dienone is 2. The average Bonchev–Trinajstić information content (AvgIpc) is 2.85. The fraction of sp³-hybridized carbons (Fsp3) is 0.182. The topological polar surface area (TPSA) is 98.9 Å². The Balaban J connectivity index is 1.64. The van der Waals surface area contributed by atoms with E-state index in [0.717, 1.165) is 33.3 Å². The first-order valence-corrected chi connectivity index (χ1v) is 10.0. The number of nitrogens with one attached hydrogen (secondary N) is 1. The summed E-state index contributed by atoms with van der Waals surface area (Å²) in [5.41, 5.74) is 9.74. The highest BCUT2D eigenvalue weighted by Crippen LogP contribution is 2.36. The van der Waals surface area contributed by atoms with Gasteiger partial charge in [0.25, 0.3) is 0 Å². The van der Waals surface area contributed by atoms with Gasteiger partial charge in [-0.1, -0.05) is 42.5 Å². The van der Waals surface area contributed by atoms with Gasteiger partial charge in [0.05, 0.1) is 28.1 Å². The van der Waals surface area contributed by atoms with Gasteiger partial charge in [-0.25, -0.2) is 9.98 Å². The van der Waals surface area contributed by atoms with E-state index in [1.54, 1.807) is 6.21 Å². The van der Waals surface area contributed by atoms with E-state index in [-0.39, 0.29) is 0 Å². The van der Waals surface area contributed by atoms with Crippen LogP contribution in [0.2, 0.25) is 0 Å². The van der Waals surface area contributed by atoms with Crippen LogP contribution in [0.5, 0.6) is 0 Å². The quantitative estimate of drug-likeness (QED) is 0.782. The van der Waals surface area contributed by atoms with Crippen LogP contribution < -0.4 is 11.1 Å². The first-order valence-electron chi connectivity index (χ1n) is 9.19. The van der Waals surface area contributed by atoms with Crippen molar-refractivity contribution in [3.05, 3.63) is 70.8 Å². The summed E-state index contributed by atoms with van der Waals surface area (Å²) in [4.78, 5) is 14.7. The molecule has 0 radical (unpaired) electrons. The summed E-state index contributed by atoms with van der Waals surface area (Å²) in [6, 6.07) is 19.6. The third-order valence-electron chi connectivity index (χ3n) is 4.91. The lowest BCUT2D eigenvalue weighted by molar-refractivity contribution is 0.567. The van der Waals surface area contributed by atoms with Crippen molar-refractivity contribution in [1.82, 2.24) is 0 Å². The summed E-state index contributed by atoms with van der Waals surface area (Å²) in [7, 11) is 0. The lowest BCUT2D eigenvalue weighted by atomic mass is 9.80. The number of hydrogen-bond acceptors (Lipinski definition) is 7. The van der Waals surface area contributed by atoms with Crippen molar-refractivity contribution in [2.24, 2.45) is 20.7 Å². The third-order valence-corrected chi connectivity index (χ3v) is 6.11. The first-order chi connectivity index (χ1) is 14.0. The van der Waals surface area contributed by atoms with Gasteiger partial charge < -0.3 is 11.1 Å². The molecule has 2 aromatic rings. The van der Waals surface area contributed by atoms with E-state index in [1.165, 1.54) is 11.8 Å². The van der Waals surface area contributed by atoms with Gasteiger partial charge in [0.1, 0.15) is 6.17 Å². The van der Waals surface area contributed by atoms with Crippen LogP contribution in [-0.2, 0) is 5.41 Å². The summed E-state index contributed by atoms with van der Waals surface area (Å²) in [5, 5.41) is 13.8. The first kappa shape index (κ1) is 19.1. The smallest absolute Gasteiger partial charge is 0.189 e. The lowest BCUT2D eigenvalue weighted by Gasteiger charge is -2.29. The highest BCUT2D eigenvalue weighted by atomic mass is 32.2. The minimum atomic E-state index is -1.07. The van der Waals surface area contributed by atoms with Gasteiger partial charge in [-0.15, -0.1) is 0 Å². The number of hydrogen-bond donors (Lipinski definition) is 2. The van der Waals surface area contributed by atoms with Gasteiger partial charge in [0, 0.05) is 11.9 Å². The molecule has 0 bridgehead atoms. The van der Waals surface area contributed by atoms with Crippen molar-refractivity contribution in [2.75, 3.05) is 5.32 Å². The highest BCUT2D eigenvalue weighted by molar-refractivity contribution is 8.18. The van der Waals surface area contributed by atoms with Crippen LogP contribution in [-0.4, -0.2) is 23.3 Å². The van der Waals surface area contributed by atoms with E-state index in [0.29, 0.717) is 5.17 Å². The molecule has 2 aliphatic rings. The number of fused-ring (bicyclic) bond motifs is 1. The number of amidine groups is 1. The maximum Gasteiger partial charge on any atom is 0.189 e. The Hall–Kier alpha value is -3.21. The Morgan fingerprint density at radius 2 is 1.83 bits per heavy atom. The van der Waals surface area contributed by atoms with Crippen LogP contribution in [0, 0.1) is 11.3 Å². The number of nitrogens with zero attached hydrogens (tertiary/aromatic N) is 4. The number of aliphatic imine (C=N–C) groups is 3. The molecular weight excluding hydrogens is 380 g/mol. The van der Waals surface area contributed by atoms with E-state index in [1.807, 2.05) is 68.4 Å². The van der Waals surface area contributed by atoms with Gasteiger partial charge >= 0.3 is 0 Å². The summed E-state index contributed by atoms with van der Waals surface area (Å²) in [6.07, 6.45) is 0.868. The molecular formula is C22H20N6S. The van der Waals surface area contributed by atoms with Gasteiger partial charge in [0.2, 0.25) is 0 Å². The van der Waals surface area contributed by atoms with Crippen molar-refractivity contribution < 1.29 is 0 Å². The van der Waals surface area contributed by atoms with Crippen LogP contribution in [0.1, 0.15) is 19.4 Å². The molecule has 0 spiro atoms. The summed E-state index contributed by atoms with van der Waals surface area (Å²) < 4.78 is 0. The maximum absolute atomic E-state index is 9.86. The molecule has 2 atom stereocenters. The number of benzene rings is 2. The van der Waals surface area contributed by atoms with E-state index < -0.39 is 11.6 Å². The zero-order valence-corrected chi connectivity index (χ0v) is 16.9. The average molecular weight is 401 g/mol. The molecule has 0 aromatic heterocycles. The molecule has 2 heterocycles. The van der Waals surface area contributed by atoms with E-state index in [2.05, 4.69) is 21.4 Å². The summed E-state index contributed by atoms with van der Waals surface area (Å²) in [5.74, 6) is 0. The number of nitriles is 1. The van der Waals surface area contributed by atoms with Crippen molar-refractivity contribution in [3.63, 3.8) is 0 Å². The Kier molecular flexibility index (Phi) is 5.05. The molecule has 0 saturated heterocycles. The van der Waals surface area contributed by atoms with Crippen molar-refractivity contribution in [3.8, 4) is 6.07 Å². The molecule has 29 heavy (non-hydrogen) atoms. The fourth-order valence-corrected chi connectivity index (χ4v) is 4.19. The van der Waals surface area contributed by atoms with Crippen LogP contribution in [0.3, 0.4) is 0 Å². The van der Waals surface area contributed by atoms with Crippen LogP contribution in [0.15, 0.2) is 80.2 Å². The second kappa shape index (κ2) is 7.66. The molecule has 3 N–H and O–H groups in total. The summed E-state index contributed by atoms with van der Waals surface area (Å²) in [6.45, 7) is 3.96. The Morgan fingerprint density at radius 1 is 1.10 bits per heavy atom. The molecule has 7 heteroatoms. The Morgan fingerprint density at radius 3 is 2.55 bits per heavy atom. The van der Waals surface area contributed by atoms with Crippen molar-refractivity contribution >= 4 is 40.2 Å². The lowest BCUT2D eigenvalue weighted by Crippen LogP contribution is -2.47. The van der Waals surface area contributed by atoms with Crippen molar-refractivity contribution in [2.45, 2.75) is 25.4 Å². The van der Waals surface area contributed by atoms with Gasteiger partial charge in [-0.2, -0.15) is 5.26 Å². The van der Waals surface area contributed by atoms with Crippen LogP contribution in [0.25, 0.3) is 0 Å². The predicted molar refractivity (Wildman–Crippen MR) is 121 cm³/mol. The van der Waals surface area contributed by atoms with Gasteiger partial charge in [0.15, 0.2) is 10.6 Å². The van der Waals surface area contributed by atoms with E-state index in [9.17, 15) is 5.26 Å². The molecule has 0 amide bonds. The third kappa shape index (κ3) is 3.48. The molecule has 4 rings (SSSR count). The monoisotopic (exact) mass is 400 g/mol. The fourth-order valence-electron chi connectivity index (χ4n) is 3.34. The highest BCUT2D eigenvalue weighted by Gasteiger charge is 2.40. The molecule has 6 nitrogen and oxygen atoms in total. The second-order valence-corrected chi connectivity index (χ2v) is 7.83. The number of thioether (sulfide) groups is 1. The minimum Gasteiger partial charge on any atom is -0.356 e. The second-order valence-electron chi connectivity index (χ2n) is 6.86. The minimum absolute atomic E-state index is 0.510. The van der Waals surface area contributed by atoms with Gasteiger partial charge in [-0.3, -0.25) is 4.99 Å². The Labute approximate surface area is 174 Å². The van der Waals surface area contributed by atoms with E-state index >= 15 is 0 Å². The Bertz CT molecular complexity index is 1110. The number of para-hydroxylation sites is 2. The predicted octanol–water partition coefficient (Wildman–Crippen LogP) is 4.36. The SMILES string of the molecule is CC1=Nc2ccccc2NC(C)=C1SC1=NC(N)C(C#N)(c2ccccc2)C=N1. The van der Waals surface area contributed by atoms with E-state index in [4.69, 9.17) is 10.7 Å². The zero-order chi connectivity index (χ0) is 20.4. The standard InChI is InChI=1S/C22H20N6S/c1-14-19(15(2)27-18-11-7-6-10-17(18)26-14)29-21-25-13-22(12-23,20(24)28-21)16-8-4-3-5-9-16/h3-11,13,20,26H,24H2,1-2H3. The number of anilines is 1. The molecule has 0 saturated carbocycles. The molecule has 0 fully saturated rings. The largest absolute Gasteiger partial charge is 0.356 e. The van der Waals surface area contributed by atoms with Crippen LogP contribution in [0.4, 0.5) is 11.4 Å².